The molecule has 0 spiro atoms. The summed E-state index contributed by atoms with van der Waals surface area (Å²) in [6.07, 6.45) is 4.90. The van der Waals surface area contributed by atoms with Crippen LogP contribution in [0.4, 0.5) is 0 Å². The minimum absolute atomic E-state index is 0.362. The molecule has 0 unspecified atom stereocenters. The van der Waals surface area contributed by atoms with Crippen LogP contribution in [0.3, 0.4) is 0 Å². The van der Waals surface area contributed by atoms with Crippen molar-refractivity contribution >= 4 is 16.8 Å². The van der Waals surface area contributed by atoms with Gasteiger partial charge in [-0.05, 0) is 28.8 Å². The molecular weight excluding hydrogens is 244 g/mol. The van der Waals surface area contributed by atoms with Gasteiger partial charge in [-0.1, -0.05) is 72.8 Å². The molecule has 0 radical (unpaired) electrons. The Balaban J connectivity index is 1.91. The van der Waals surface area contributed by atoms with Gasteiger partial charge in [-0.25, -0.2) is 0 Å². The summed E-state index contributed by atoms with van der Waals surface area (Å²) in [5, 5.41) is 12.3. The van der Waals surface area contributed by atoms with E-state index in [4.69, 9.17) is 0 Å². The summed E-state index contributed by atoms with van der Waals surface area (Å²) in [5.74, 6) is 0.362. The van der Waals surface area contributed by atoms with Gasteiger partial charge in [-0.2, -0.15) is 0 Å². The number of hydrogen-bond donors (Lipinski definition) is 1. The van der Waals surface area contributed by atoms with E-state index in [9.17, 15) is 5.11 Å². The Bertz CT molecular complexity index is 742. The summed E-state index contributed by atoms with van der Waals surface area (Å²) in [6, 6.07) is 22.1. The molecule has 0 atom stereocenters. The molecule has 1 N–H and O–H groups in total. The van der Waals surface area contributed by atoms with E-state index >= 15 is 0 Å². The largest absolute Gasteiger partial charge is 0.508 e. The first kappa shape index (κ1) is 12.5. The van der Waals surface area contributed by atoms with Gasteiger partial charge in [0.25, 0.3) is 0 Å². The number of fused-ring (bicyclic) bond motifs is 1. The smallest absolute Gasteiger partial charge is 0.119 e. The number of benzene rings is 3. The summed E-state index contributed by atoms with van der Waals surface area (Å²) < 4.78 is 0. The molecule has 0 heterocycles. The van der Waals surface area contributed by atoms with Gasteiger partial charge in [0.2, 0.25) is 0 Å². The molecule has 98 valence electrons. The molecule has 0 saturated heterocycles. The van der Waals surface area contributed by atoms with Gasteiger partial charge in [-0.15, -0.1) is 0 Å². The average Bonchev–Trinajstić information content (AvgIpc) is 2.50. The van der Waals surface area contributed by atoms with Crippen LogP contribution in [0.1, 0.15) is 11.1 Å². The van der Waals surface area contributed by atoms with E-state index in [1.54, 1.807) is 6.07 Å². The predicted octanol–water partition coefficient (Wildman–Crippen LogP) is 4.80. The lowest BCUT2D eigenvalue weighted by molar-refractivity contribution is 0.471. The first-order chi connectivity index (χ1) is 9.84. The Kier molecular flexibility index (Phi) is 3.51. The van der Waals surface area contributed by atoms with Gasteiger partial charge in [-0.3, -0.25) is 0 Å². The normalized spacial score (nSPS) is 11.2. The van der Waals surface area contributed by atoms with Crippen LogP contribution in [-0.4, -0.2) is 5.11 Å². The monoisotopic (exact) mass is 260 g/mol. The zero-order valence-corrected chi connectivity index (χ0v) is 11.2. The highest BCUT2D eigenvalue weighted by Crippen LogP contribution is 2.27. The summed E-state index contributed by atoms with van der Waals surface area (Å²) >= 11 is 0. The van der Waals surface area contributed by atoms with Crippen molar-refractivity contribution in [1.82, 2.24) is 0 Å². The zero-order chi connectivity index (χ0) is 13.8. The fraction of sp³-hybridized carbons (Fsp3) is 0.0526. The Hall–Kier alpha value is -2.54. The molecule has 3 aromatic rings. The molecule has 3 rings (SSSR count). The fourth-order valence-electron chi connectivity index (χ4n) is 2.42. The molecule has 0 aromatic heterocycles. The van der Waals surface area contributed by atoms with Crippen molar-refractivity contribution in [1.29, 1.82) is 0 Å². The molecule has 0 bridgehead atoms. The Morgan fingerprint density at radius 3 is 2.40 bits per heavy atom. The average molecular weight is 260 g/mol. The van der Waals surface area contributed by atoms with Crippen molar-refractivity contribution < 1.29 is 5.11 Å². The topological polar surface area (TPSA) is 20.2 Å². The first-order valence-corrected chi connectivity index (χ1v) is 6.76. The highest BCUT2D eigenvalue weighted by Gasteiger charge is 2.04. The second-order valence-electron chi connectivity index (χ2n) is 4.80. The van der Waals surface area contributed by atoms with Crippen LogP contribution in [0.5, 0.6) is 5.75 Å². The van der Waals surface area contributed by atoms with Crippen molar-refractivity contribution in [3.05, 3.63) is 83.9 Å². The molecule has 0 aliphatic carbocycles. The third kappa shape index (κ3) is 2.57. The first-order valence-electron chi connectivity index (χ1n) is 6.76. The minimum Gasteiger partial charge on any atom is -0.508 e. The second-order valence-corrected chi connectivity index (χ2v) is 4.80. The van der Waals surface area contributed by atoms with Gasteiger partial charge < -0.3 is 5.11 Å². The summed E-state index contributed by atoms with van der Waals surface area (Å²) in [6.45, 7) is 0. The number of allylic oxidation sites excluding steroid dienone is 1. The van der Waals surface area contributed by atoms with Gasteiger partial charge in [0.1, 0.15) is 5.75 Å². The quantitative estimate of drug-likeness (QED) is 0.717. The van der Waals surface area contributed by atoms with E-state index in [-0.39, 0.29) is 0 Å². The Morgan fingerprint density at radius 2 is 1.55 bits per heavy atom. The van der Waals surface area contributed by atoms with E-state index in [1.807, 2.05) is 36.4 Å². The zero-order valence-electron chi connectivity index (χ0n) is 11.2. The third-order valence-electron chi connectivity index (χ3n) is 3.45. The van der Waals surface area contributed by atoms with E-state index in [2.05, 4.69) is 36.4 Å². The lowest BCUT2D eigenvalue weighted by Gasteiger charge is -2.06. The number of hydrogen-bond acceptors (Lipinski definition) is 1. The van der Waals surface area contributed by atoms with Gasteiger partial charge in [0, 0.05) is 5.56 Å². The van der Waals surface area contributed by atoms with E-state index in [1.165, 1.54) is 5.56 Å². The number of rotatable bonds is 3. The van der Waals surface area contributed by atoms with Crippen LogP contribution < -0.4 is 0 Å². The molecule has 1 heteroatoms. The molecule has 20 heavy (non-hydrogen) atoms. The molecule has 3 aromatic carbocycles. The highest BCUT2D eigenvalue weighted by atomic mass is 16.3. The maximum absolute atomic E-state index is 10.1. The second kappa shape index (κ2) is 5.62. The lowest BCUT2D eigenvalue weighted by atomic mass is 10.0. The van der Waals surface area contributed by atoms with Crippen LogP contribution in [0.25, 0.3) is 16.8 Å². The Morgan fingerprint density at radius 1 is 0.800 bits per heavy atom. The van der Waals surface area contributed by atoms with Crippen LogP contribution in [-0.2, 0) is 6.42 Å². The maximum Gasteiger partial charge on any atom is 0.119 e. The molecular formula is C19H16O. The summed E-state index contributed by atoms with van der Waals surface area (Å²) in [7, 11) is 0. The van der Waals surface area contributed by atoms with Crippen molar-refractivity contribution in [3.63, 3.8) is 0 Å². The summed E-state index contributed by atoms with van der Waals surface area (Å²) in [4.78, 5) is 0. The molecule has 1 nitrogen and oxygen atoms in total. The van der Waals surface area contributed by atoms with Crippen molar-refractivity contribution in [3.8, 4) is 5.75 Å². The predicted molar refractivity (Wildman–Crippen MR) is 84.8 cm³/mol. The Labute approximate surface area is 118 Å². The SMILES string of the molecule is Oc1ccc2ccccc2c1C/C=C\c1ccccc1. The third-order valence-corrected chi connectivity index (χ3v) is 3.45. The van der Waals surface area contributed by atoms with Crippen LogP contribution >= 0.6 is 0 Å². The van der Waals surface area contributed by atoms with Crippen LogP contribution in [0, 0.1) is 0 Å². The van der Waals surface area contributed by atoms with Crippen LogP contribution in [0.15, 0.2) is 72.8 Å². The molecule has 0 aliphatic heterocycles. The minimum atomic E-state index is 0.362. The van der Waals surface area contributed by atoms with E-state index in [0.717, 1.165) is 22.8 Å². The van der Waals surface area contributed by atoms with Crippen LogP contribution in [0.2, 0.25) is 0 Å². The van der Waals surface area contributed by atoms with Crippen molar-refractivity contribution in [2.75, 3.05) is 0 Å². The maximum atomic E-state index is 10.1. The molecule has 0 aliphatic rings. The molecule has 0 fully saturated rings. The van der Waals surface area contributed by atoms with Gasteiger partial charge in [0.15, 0.2) is 0 Å². The number of phenolic OH excluding ortho intramolecular Hbond substituents is 1. The van der Waals surface area contributed by atoms with E-state index < -0.39 is 0 Å². The standard InChI is InChI=1S/C19H16O/c20-19-14-13-16-10-4-5-11-17(16)18(19)12-6-9-15-7-2-1-3-8-15/h1-11,13-14,20H,12H2/b9-6-. The van der Waals surface area contributed by atoms with Gasteiger partial charge in [0.05, 0.1) is 0 Å². The summed E-state index contributed by atoms with van der Waals surface area (Å²) in [5.41, 5.74) is 2.16. The fourth-order valence-corrected chi connectivity index (χ4v) is 2.42. The molecule has 0 amide bonds. The van der Waals surface area contributed by atoms with Gasteiger partial charge >= 0.3 is 0 Å². The van der Waals surface area contributed by atoms with Crippen molar-refractivity contribution in [2.45, 2.75) is 6.42 Å². The van der Waals surface area contributed by atoms with E-state index in [0.29, 0.717) is 5.75 Å². The molecule has 0 saturated carbocycles. The van der Waals surface area contributed by atoms with Crippen molar-refractivity contribution in [2.24, 2.45) is 0 Å². The lowest BCUT2D eigenvalue weighted by Crippen LogP contribution is -1.86. The number of phenols is 1. The highest BCUT2D eigenvalue weighted by molar-refractivity contribution is 5.87. The number of aromatic hydroxyl groups is 1.